The predicted molar refractivity (Wildman–Crippen MR) is 187 cm³/mol. The summed E-state index contributed by atoms with van der Waals surface area (Å²) in [6.45, 7) is 13.0. The van der Waals surface area contributed by atoms with E-state index < -0.39 is 0 Å². The van der Waals surface area contributed by atoms with Crippen LogP contribution in [-0.4, -0.2) is 10.2 Å². The Balaban J connectivity index is 0.000000186. The molecule has 0 spiro atoms. The van der Waals surface area contributed by atoms with Crippen LogP contribution in [0.5, 0.6) is 11.5 Å². The largest absolute Gasteiger partial charge is 0.508 e. The molecule has 2 N–H and O–H groups in total. The number of rotatable bonds is 4. The first-order valence-corrected chi connectivity index (χ1v) is 16.8. The van der Waals surface area contributed by atoms with Gasteiger partial charge in [-0.1, -0.05) is 128 Å². The van der Waals surface area contributed by atoms with Gasteiger partial charge in [-0.25, -0.2) is 0 Å². The maximum Gasteiger partial charge on any atom is 0.123 e. The molecule has 0 heterocycles. The number of hydrogen-bond acceptors (Lipinski definition) is 2. The average Bonchev–Trinajstić information content (AvgIpc) is 3.73. The van der Waals surface area contributed by atoms with Gasteiger partial charge in [0.05, 0.1) is 0 Å². The Morgan fingerprint density at radius 3 is 1.11 bits per heavy atom. The van der Waals surface area contributed by atoms with Crippen LogP contribution in [0.25, 0.3) is 22.3 Å². The first-order chi connectivity index (χ1) is 20.9. The molecule has 0 radical (unpaired) electrons. The molecular formula is C42H52O2. The van der Waals surface area contributed by atoms with Crippen molar-refractivity contribution in [1.29, 1.82) is 0 Å². The molecule has 2 aliphatic carbocycles. The summed E-state index contributed by atoms with van der Waals surface area (Å²) in [5.41, 5.74) is 9.65. The van der Waals surface area contributed by atoms with E-state index in [1.165, 1.54) is 79.2 Å². The molecular weight excluding hydrogens is 536 g/mol. The van der Waals surface area contributed by atoms with E-state index in [4.69, 9.17) is 0 Å². The molecule has 2 saturated carbocycles. The molecule has 4 aromatic carbocycles. The quantitative estimate of drug-likeness (QED) is 0.249. The van der Waals surface area contributed by atoms with Crippen LogP contribution < -0.4 is 0 Å². The summed E-state index contributed by atoms with van der Waals surface area (Å²) in [6, 6.07) is 29.8. The SMILES string of the molecule is CC(C)(C)c1cc(-c2ccc(C3CCCC3)cc2)cc(C(C)(C)C)c1O.Oc1ccc(-c2ccc(C3CCCC3)cc2)cc1. The van der Waals surface area contributed by atoms with Gasteiger partial charge in [0, 0.05) is 11.1 Å². The van der Waals surface area contributed by atoms with Crippen LogP contribution in [0.1, 0.15) is 127 Å². The molecule has 0 bridgehead atoms. The van der Waals surface area contributed by atoms with Gasteiger partial charge in [-0.2, -0.15) is 0 Å². The summed E-state index contributed by atoms with van der Waals surface area (Å²) in [7, 11) is 0. The molecule has 0 aromatic heterocycles. The molecule has 0 aliphatic heterocycles. The lowest BCUT2D eigenvalue weighted by molar-refractivity contribution is 0.423. The third-order valence-electron chi connectivity index (χ3n) is 9.73. The maximum atomic E-state index is 10.9. The van der Waals surface area contributed by atoms with Gasteiger partial charge < -0.3 is 10.2 Å². The van der Waals surface area contributed by atoms with Gasteiger partial charge in [0.15, 0.2) is 0 Å². The minimum atomic E-state index is -0.0934. The fraction of sp³-hybridized carbons (Fsp3) is 0.429. The zero-order chi connectivity index (χ0) is 31.5. The van der Waals surface area contributed by atoms with E-state index in [1.807, 2.05) is 12.1 Å². The molecule has 6 rings (SSSR count). The predicted octanol–water partition coefficient (Wildman–Crippen LogP) is 12.0. The highest BCUT2D eigenvalue weighted by atomic mass is 16.3. The van der Waals surface area contributed by atoms with Crippen molar-refractivity contribution in [3.05, 3.63) is 107 Å². The Hall–Kier alpha value is -3.52. The van der Waals surface area contributed by atoms with Gasteiger partial charge in [0.1, 0.15) is 11.5 Å². The Kier molecular flexibility index (Phi) is 9.59. The fourth-order valence-corrected chi connectivity index (χ4v) is 7.01. The second-order valence-corrected chi connectivity index (χ2v) is 15.2. The van der Waals surface area contributed by atoms with E-state index >= 15 is 0 Å². The number of phenols is 2. The van der Waals surface area contributed by atoms with E-state index in [0.717, 1.165) is 28.5 Å². The van der Waals surface area contributed by atoms with Crippen molar-refractivity contribution < 1.29 is 10.2 Å². The van der Waals surface area contributed by atoms with E-state index in [9.17, 15) is 10.2 Å². The summed E-state index contributed by atoms with van der Waals surface area (Å²) < 4.78 is 0. The lowest BCUT2D eigenvalue weighted by Crippen LogP contribution is -2.17. The minimum absolute atomic E-state index is 0.0934. The molecule has 2 nitrogen and oxygen atoms in total. The smallest absolute Gasteiger partial charge is 0.123 e. The summed E-state index contributed by atoms with van der Waals surface area (Å²) in [6.07, 6.45) is 10.9. The van der Waals surface area contributed by atoms with Gasteiger partial charge in [-0.15, -0.1) is 0 Å². The van der Waals surface area contributed by atoms with Crippen LogP contribution in [0.2, 0.25) is 0 Å². The van der Waals surface area contributed by atoms with Crippen molar-refractivity contribution in [1.82, 2.24) is 0 Å². The van der Waals surface area contributed by atoms with E-state index in [2.05, 4.69) is 102 Å². The number of phenolic OH excluding ortho intramolecular Hbond substituents is 2. The van der Waals surface area contributed by atoms with Crippen molar-refractivity contribution in [2.45, 2.75) is 116 Å². The highest BCUT2D eigenvalue weighted by Gasteiger charge is 2.27. The molecule has 232 valence electrons. The molecule has 0 amide bonds. The molecule has 0 unspecified atom stereocenters. The van der Waals surface area contributed by atoms with Crippen molar-refractivity contribution in [3.63, 3.8) is 0 Å². The highest BCUT2D eigenvalue weighted by Crippen LogP contribution is 2.42. The normalized spacial score (nSPS) is 16.1. The second kappa shape index (κ2) is 13.2. The van der Waals surface area contributed by atoms with Crippen LogP contribution in [0, 0.1) is 0 Å². The van der Waals surface area contributed by atoms with E-state index in [-0.39, 0.29) is 10.8 Å². The number of benzene rings is 4. The molecule has 0 saturated heterocycles. The van der Waals surface area contributed by atoms with Crippen molar-refractivity contribution in [2.24, 2.45) is 0 Å². The van der Waals surface area contributed by atoms with Crippen LogP contribution in [-0.2, 0) is 10.8 Å². The van der Waals surface area contributed by atoms with Crippen molar-refractivity contribution >= 4 is 0 Å². The summed E-state index contributed by atoms with van der Waals surface area (Å²) >= 11 is 0. The standard InChI is InChI=1S/C25H34O.C17H18O/c1-24(2,3)21-15-20(16-22(23(21)26)25(4,5)6)19-13-11-18(12-14-19)17-9-7-8-10-17;18-17-11-9-16(10-12-17)15-7-5-14(6-8-15)13-3-1-2-4-13/h11-17,26H,7-10H2,1-6H3;5-13,18H,1-4H2. The minimum Gasteiger partial charge on any atom is -0.508 e. The molecule has 4 aromatic rings. The van der Waals surface area contributed by atoms with Gasteiger partial charge in [-0.05, 0) is 106 Å². The lowest BCUT2D eigenvalue weighted by atomic mass is 9.77. The maximum absolute atomic E-state index is 10.9. The lowest BCUT2D eigenvalue weighted by Gasteiger charge is -2.28. The zero-order valence-electron chi connectivity index (χ0n) is 27.8. The number of aromatic hydroxyl groups is 2. The average molecular weight is 589 g/mol. The Morgan fingerprint density at radius 2 is 0.773 bits per heavy atom. The fourth-order valence-electron chi connectivity index (χ4n) is 7.01. The Labute approximate surface area is 266 Å². The number of hydrogen-bond donors (Lipinski definition) is 2. The van der Waals surface area contributed by atoms with Crippen LogP contribution in [0.3, 0.4) is 0 Å². The van der Waals surface area contributed by atoms with Crippen LogP contribution in [0.4, 0.5) is 0 Å². The Bertz CT molecular complexity index is 1470. The molecule has 44 heavy (non-hydrogen) atoms. The van der Waals surface area contributed by atoms with Gasteiger partial charge in [0.25, 0.3) is 0 Å². The summed E-state index contributed by atoms with van der Waals surface area (Å²) in [5.74, 6) is 2.30. The van der Waals surface area contributed by atoms with Crippen LogP contribution in [0.15, 0.2) is 84.9 Å². The molecule has 2 heteroatoms. The van der Waals surface area contributed by atoms with Gasteiger partial charge >= 0.3 is 0 Å². The van der Waals surface area contributed by atoms with Gasteiger partial charge in [-0.3, -0.25) is 0 Å². The summed E-state index contributed by atoms with van der Waals surface area (Å²) in [5, 5.41) is 20.2. The summed E-state index contributed by atoms with van der Waals surface area (Å²) in [4.78, 5) is 0. The van der Waals surface area contributed by atoms with Crippen molar-refractivity contribution in [2.75, 3.05) is 0 Å². The monoisotopic (exact) mass is 588 g/mol. The third-order valence-corrected chi connectivity index (χ3v) is 9.73. The highest BCUT2D eigenvalue weighted by molar-refractivity contribution is 5.69. The topological polar surface area (TPSA) is 40.5 Å². The first kappa shape index (κ1) is 31.9. The molecule has 2 aliphatic rings. The zero-order valence-corrected chi connectivity index (χ0v) is 27.8. The van der Waals surface area contributed by atoms with Crippen LogP contribution >= 0.6 is 0 Å². The molecule has 2 fully saturated rings. The van der Waals surface area contributed by atoms with Gasteiger partial charge in [0.2, 0.25) is 0 Å². The first-order valence-electron chi connectivity index (χ1n) is 16.8. The molecule has 0 atom stereocenters. The Morgan fingerprint density at radius 1 is 0.455 bits per heavy atom. The third kappa shape index (κ3) is 7.57. The van der Waals surface area contributed by atoms with E-state index in [0.29, 0.717) is 11.5 Å². The second-order valence-electron chi connectivity index (χ2n) is 15.2. The van der Waals surface area contributed by atoms with E-state index in [1.54, 1.807) is 12.1 Å². The van der Waals surface area contributed by atoms with Crippen molar-refractivity contribution in [3.8, 4) is 33.8 Å².